The fourth-order valence-electron chi connectivity index (χ4n) is 2.78. The molecular weight excluding hydrogens is 370 g/mol. The van der Waals surface area contributed by atoms with Gasteiger partial charge >= 0.3 is 0 Å². The van der Waals surface area contributed by atoms with Crippen LogP contribution in [-0.4, -0.2) is 46.9 Å². The molecule has 2 N–H and O–H groups in total. The zero-order valence-corrected chi connectivity index (χ0v) is 16.1. The highest BCUT2D eigenvalue weighted by Crippen LogP contribution is 2.29. The van der Waals surface area contributed by atoms with Gasteiger partial charge in [-0.25, -0.2) is 13.4 Å². The van der Waals surface area contributed by atoms with Gasteiger partial charge < -0.3 is 19.5 Å². The SMILES string of the molecule is COc1ccc(OC)c(S(=O)(=O)Nc2ccc(NCC3CCCO3)cn2)c1. The number of pyridine rings is 1. The number of aromatic nitrogens is 1. The van der Waals surface area contributed by atoms with E-state index in [0.29, 0.717) is 12.3 Å². The molecule has 2 heterocycles. The summed E-state index contributed by atoms with van der Waals surface area (Å²) < 4.78 is 43.7. The summed E-state index contributed by atoms with van der Waals surface area (Å²) in [7, 11) is -1.01. The third-order valence-corrected chi connectivity index (χ3v) is 5.60. The standard InChI is InChI=1S/C18H23N3O5S/c1-24-14-6-7-16(25-2)17(10-14)27(22,23)21-18-8-5-13(11-20-18)19-12-15-4-3-9-26-15/h5-8,10-11,15,19H,3-4,9,12H2,1-2H3,(H,20,21). The van der Waals surface area contributed by atoms with Crippen LogP contribution in [0.4, 0.5) is 11.5 Å². The molecule has 0 spiro atoms. The van der Waals surface area contributed by atoms with Gasteiger partial charge in [-0.15, -0.1) is 0 Å². The van der Waals surface area contributed by atoms with Crippen molar-refractivity contribution in [2.24, 2.45) is 0 Å². The summed E-state index contributed by atoms with van der Waals surface area (Å²) in [5, 5.41) is 3.24. The van der Waals surface area contributed by atoms with Gasteiger partial charge in [-0.2, -0.15) is 0 Å². The number of ether oxygens (including phenoxy) is 3. The predicted molar refractivity (Wildman–Crippen MR) is 102 cm³/mol. The second kappa shape index (κ2) is 8.45. The lowest BCUT2D eigenvalue weighted by Gasteiger charge is -2.14. The molecule has 8 nitrogen and oxygen atoms in total. The minimum Gasteiger partial charge on any atom is -0.497 e. The number of nitrogens with one attached hydrogen (secondary N) is 2. The summed E-state index contributed by atoms with van der Waals surface area (Å²) in [4.78, 5) is 4.15. The number of rotatable bonds is 8. The van der Waals surface area contributed by atoms with Crippen molar-refractivity contribution in [1.82, 2.24) is 4.98 Å². The number of benzene rings is 1. The molecule has 0 bridgehead atoms. The number of hydrogen-bond acceptors (Lipinski definition) is 7. The van der Waals surface area contributed by atoms with E-state index >= 15 is 0 Å². The summed E-state index contributed by atoms with van der Waals surface area (Å²) in [5.74, 6) is 0.846. The van der Waals surface area contributed by atoms with E-state index in [2.05, 4.69) is 15.0 Å². The smallest absolute Gasteiger partial charge is 0.266 e. The molecule has 1 aromatic heterocycles. The van der Waals surface area contributed by atoms with Crippen LogP contribution in [0.15, 0.2) is 41.4 Å². The van der Waals surface area contributed by atoms with Crippen LogP contribution in [0.2, 0.25) is 0 Å². The maximum atomic E-state index is 12.7. The Bertz CT molecular complexity index is 865. The van der Waals surface area contributed by atoms with Gasteiger partial charge in [0.05, 0.1) is 32.2 Å². The van der Waals surface area contributed by atoms with Crippen molar-refractivity contribution < 1.29 is 22.6 Å². The Morgan fingerprint density at radius 2 is 2.07 bits per heavy atom. The van der Waals surface area contributed by atoms with Gasteiger partial charge in [-0.3, -0.25) is 4.72 Å². The molecule has 1 atom stereocenters. The summed E-state index contributed by atoms with van der Waals surface area (Å²) >= 11 is 0. The van der Waals surface area contributed by atoms with Crippen molar-refractivity contribution >= 4 is 21.5 Å². The number of sulfonamides is 1. The van der Waals surface area contributed by atoms with E-state index in [1.165, 1.54) is 20.3 Å². The van der Waals surface area contributed by atoms with E-state index in [0.717, 1.165) is 25.1 Å². The third-order valence-electron chi connectivity index (χ3n) is 4.22. The average molecular weight is 393 g/mol. The third kappa shape index (κ3) is 4.81. The van der Waals surface area contributed by atoms with Crippen molar-refractivity contribution in [2.45, 2.75) is 23.8 Å². The maximum Gasteiger partial charge on any atom is 0.266 e. The second-order valence-corrected chi connectivity index (χ2v) is 7.72. The summed E-state index contributed by atoms with van der Waals surface area (Å²) in [6, 6.07) is 7.94. The summed E-state index contributed by atoms with van der Waals surface area (Å²) in [6.07, 6.45) is 3.92. The Balaban J connectivity index is 1.70. The molecule has 3 rings (SSSR count). The number of methoxy groups -OCH3 is 2. The zero-order valence-electron chi connectivity index (χ0n) is 15.3. The van der Waals surface area contributed by atoms with E-state index < -0.39 is 10.0 Å². The second-order valence-electron chi connectivity index (χ2n) is 6.07. The molecule has 1 aliphatic rings. The normalized spacial score (nSPS) is 16.7. The molecule has 0 amide bonds. The van der Waals surface area contributed by atoms with Crippen LogP contribution < -0.4 is 19.5 Å². The van der Waals surface area contributed by atoms with Crippen molar-refractivity contribution in [3.8, 4) is 11.5 Å². The van der Waals surface area contributed by atoms with Crippen molar-refractivity contribution in [3.05, 3.63) is 36.5 Å². The summed E-state index contributed by atoms with van der Waals surface area (Å²) in [5.41, 5.74) is 0.799. The molecule has 1 aliphatic heterocycles. The van der Waals surface area contributed by atoms with Gasteiger partial charge in [0, 0.05) is 19.2 Å². The lowest BCUT2D eigenvalue weighted by Crippen LogP contribution is -2.18. The van der Waals surface area contributed by atoms with Crippen molar-refractivity contribution in [3.63, 3.8) is 0 Å². The van der Waals surface area contributed by atoms with E-state index in [1.807, 2.05) is 0 Å². The molecule has 1 saturated heterocycles. The topological polar surface area (TPSA) is 98.8 Å². The van der Waals surface area contributed by atoms with E-state index in [9.17, 15) is 8.42 Å². The lowest BCUT2D eigenvalue weighted by atomic mass is 10.2. The van der Waals surface area contributed by atoms with Crippen molar-refractivity contribution in [2.75, 3.05) is 37.4 Å². The molecule has 1 unspecified atom stereocenters. The van der Waals surface area contributed by atoms with Crippen LogP contribution in [0.5, 0.6) is 11.5 Å². The maximum absolute atomic E-state index is 12.7. The Kier molecular flexibility index (Phi) is 6.02. The molecule has 9 heteroatoms. The minimum absolute atomic E-state index is 0.0215. The molecule has 0 aliphatic carbocycles. The first kappa shape index (κ1) is 19.2. The molecule has 0 radical (unpaired) electrons. The quantitative estimate of drug-likeness (QED) is 0.711. The largest absolute Gasteiger partial charge is 0.497 e. The molecule has 27 heavy (non-hydrogen) atoms. The first-order valence-corrected chi connectivity index (χ1v) is 10.1. The Labute approximate surface area is 158 Å². The minimum atomic E-state index is -3.88. The van der Waals surface area contributed by atoms with E-state index in [4.69, 9.17) is 14.2 Å². The number of nitrogens with zero attached hydrogens (tertiary/aromatic N) is 1. The van der Waals surface area contributed by atoms with Gasteiger partial charge in [0.1, 0.15) is 22.2 Å². The van der Waals surface area contributed by atoms with E-state index in [-0.39, 0.29) is 22.6 Å². The van der Waals surface area contributed by atoms with Gasteiger partial charge in [0.25, 0.3) is 10.0 Å². The van der Waals surface area contributed by atoms with Crippen LogP contribution in [0.3, 0.4) is 0 Å². The van der Waals surface area contributed by atoms with Crippen LogP contribution >= 0.6 is 0 Å². The first-order chi connectivity index (χ1) is 13.0. The molecule has 1 fully saturated rings. The first-order valence-electron chi connectivity index (χ1n) is 8.58. The van der Waals surface area contributed by atoms with Crippen LogP contribution in [-0.2, 0) is 14.8 Å². The molecule has 0 saturated carbocycles. The Morgan fingerprint density at radius 3 is 2.70 bits per heavy atom. The fraction of sp³-hybridized carbons (Fsp3) is 0.389. The molecular formula is C18H23N3O5S. The molecule has 2 aromatic rings. The van der Waals surface area contributed by atoms with Gasteiger partial charge in [0.2, 0.25) is 0 Å². The highest BCUT2D eigenvalue weighted by atomic mass is 32.2. The van der Waals surface area contributed by atoms with Gasteiger partial charge in [0.15, 0.2) is 0 Å². The average Bonchev–Trinajstić information content (AvgIpc) is 3.20. The summed E-state index contributed by atoms with van der Waals surface area (Å²) in [6.45, 7) is 1.51. The predicted octanol–water partition coefficient (Wildman–Crippen LogP) is 2.49. The van der Waals surface area contributed by atoms with Crippen LogP contribution in [0.1, 0.15) is 12.8 Å². The zero-order chi connectivity index (χ0) is 19.3. The van der Waals surface area contributed by atoms with Crippen molar-refractivity contribution in [1.29, 1.82) is 0 Å². The highest BCUT2D eigenvalue weighted by Gasteiger charge is 2.21. The van der Waals surface area contributed by atoms with Crippen LogP contribution in [0, 0.1) is 0 Å². The number of hydrogen-bond donors (Lipinski definition) is 2. The number of anilines is 2. The van der Waals surface area contributed by atoms with E-state index in [1.54, 1.807) is 30.5 Å². The monoisotopic (exact) mass is 393 g/mol. The fourth-order valence-corrected chi connectivity index (χ4v) is 3.98. The Hall–Kier alpha value is -2.52. The molecule has 146 valence electrons. The van der Waals surface area contributed by atoms with Gasteiger partial charge in [-0.1, -0.05) is 0 Å². The van der Waals surface area contributed by atoms with Crippen LogP contribution in [0.25, 0.3) is 0 Å². The van der Waals surface area contributed by atoms with Gasteiger partial charge in [-0.05, 0) is 37.1 Å². The Morgan fingerprint density at radius 1 is 1.22 bits per heavy atom. The lowest BCUT2D eigenvalue weighted by molar-refractivity contribution is 0.120. The highest BCUT2D eigenvalue weighted by molar-refractivity contribution is 7.92. The molecule has 1 aromatic carbocycles.